The van der Waals surface area contributed by atoms with E-state index in [2.05, 4.69) is 44.3 Å². The van der Waals surface area contributed by atoms with Gasteiger partial charge in [-0.25, -0.2) is 10.8 Å². The van der Waals surface area contributed by atoms with E-state index >= 15 is 0 Å². The fraction of sp³-hybridized carbons (Fsp3) is 0.545. The summed E-state index contributed by atoms with van der Waals surface area (Å²) >= 11 is 0. The summed E-state index contributed by atoms with van der Waals surface area (Å²) in [4.78, 5) is 16.2. The molecule has 3 N–H and O–H groups in total. The molecule has 0 aromatic carbocycles. The first kappa shape index (κ1) is 14.1. The Hall–Kier alpha value is -2.29. The summed E-state index contributed by atoms with van der Waals surface area (Å²) in [5.41, 5.74) is 2.38. The lowest BCUT2D eigenvalue weighted by Crippen LogP contribution is -2.19. The molecule has 2 aromatic heterocycles. The van der Waals surface area contributed by atoms with Crippen LogP contribution in [0.25, 0.3) is 5.95 Å². The number of anilines is 1. The fourth-order valence-electron chi connectivity index (χ4n) is 1.77. The second-order valence-corrected chi connectivity index (χ2v) is 4.78. The third-order valence-corrected chi connectivity index (χ3v) is 2.47. The minimum Gasteiger partial charge on any atom is -0.460 e. The molecule has 0 aliphatic rings. The maximum Gasteiger partial charge on any atom is 0.323 e. The van der Waals surface area contributed by atoms with Crippen molar-refractivity contribution in [1.29, 1.82) is 0 Å². The molecule has 1 atom stereocenters. The molecule has 108 valence electrons. The molecule has 0 bridgehead atoms. The Kier molecular flexibility index (Phi) is 4.41. The van der Waals surface area contributed by atoms with Gasteiger partial charge in [0.05, 0.1) is 6.10 Å². The van der Waals surface area contributed by atoms with Crippen molar-refractivity contribution in [3.63, 3.8) is 0 Å². The molecule has 20 heavy (non-hydrogen) atoms. The maximum atomic E-state index is 5.69. The second kappa shape index (κ2) is 6.24. The molecule has 1 unspecified atom stereocenters. The van der Waals surface area contributed by atoms with Gasteiger partial charge in [-0.3, -0.25) is 5.43 Å². The topological polar surface area (TPSA) is 117 Å². The first-order chi connectivity index (χ1) is 9.58. The van der Waals surface area contributed by atoms with Crippen LogP contribution in [0.5, 0.6) is 6.01 Å². The molecule has 0 saturated carbocycles. The first-order valence-electron chi connectivity index (χ1n) is 6.33. The highest BCUT2D eigenvalue weighted by Gasteiger charge is 2.13. The van der Waals surface area contributed by atoms with E-state index in [0.29, 0.717) is 5.92 Å². The molecular weight excluding hydrogens is 260 g/mol. The summed E-state index contributed by atoms with van der Waals surface area (Å²) in [5, 5.41) is 3.96. The summed E-state index contributed by atoms with van der Waals surface area (Å²) in [6.07, 6.45) is 3.76. The minimum absolute atomic E-state index is 0.00776. The number of rotatable bonds is 6. The van der Waals surface area contributed by atoms with Gasteiger partial charge in [-0.1, -0.05) is 13.8 Å². The quantitative estimate of drug-likeness (QED) is 0.581. The number of hydrogen-bond acceptors (Lipinski definition) is 8. The van der Waals surface area contributed by atoms with Crippen molar-refractivity contribution < 1.29 is 4.74 Å². The number of nitrogens with two attached hydrogens (primary N) is 1. The van der Waals surface area contributed by atoms with Crippen molar-refractivity contribution >= 4 is 5.95 Å². The Morgan fingerprint density at radius 2 is 2.10 bits per heavy atom. The zero-order valence-electron chi connectivity index (χ0n) is 11.7. The zero-order valence-corrected chi connectivity index (χ0v) is 11.7. The van der Waals surface area contributed by atoms with Crippen molar-refractivity contribution in [2.45, 2.75) is 33.3 Å². The van der Waals surface area contributed by atoms with Crippen molar-refractivity contribution in [3.8, 4) is 12.0 Å². The Bertz CT molecular complexity index is 541. The minimum atomic E-state index is -0.00776. The monoisotopic (exact) mass is 278 g/mol. The van der Waals surface area contributed by atoms with E-state index in [4.69, 9.17) is 10.6 Å². The molecule has 2 rings (SSSR count). The van der Waals surface area contributed by atoms with Crippen molar-refractivity contribution in [2.24, 2.45) is 11.8 Å². The van der Waals surface area contributed by atoms with Crippen LogP contribution in [0.15, 0.2) is 12.7 Å². The van der Waals surface area contributed by atoms with Gasteiger partial charge in [0.25, 0.3) is 5.95 Å². The summed E-state index contributed by atoms with van der Waals surface area (Å²) in [7, 11) is 0. The molecule has 9 nitrogen and oxygen atoms in total. The molecule has 2 aromatic rings. The number of hydrogen-bond donors (Lipinski definition) is 2. The van der Waals surface area contributed by atoms with Crippen LogP contribution in [0.2, 0.25) is 0 Å². The van der Waals surface area contributed by atoms with E-state index in [1.165, 1.54) is 17.3 Å². The summed E-state index contributed by atoms with van der Waals surface area (Å²) < 4.78 is 7.09. The highest BCUT2D eigenvalue weighted by atomic mass is 16.5. The normalized spacial score (nSPS) is 12.4. The SMILES string of the molecule is CC(C)CC(C)Oc1nc(NN)nc(-n2cncn2)n1. The van der Waals surface area contributed by atoms with Crippen LogP contribution in [0.1, 0.15) is 27.2 Å². The number of nitrogens with one attached hydrogen (secondary N) is 1. The molecule has 0 aliphatic heterocycles. The number of hydrazine groups is 1. The predicted octanol–water partition coefficient (Wildman–Crippen LogP) is 0.551. The van der Waals surface area contributed by atoms with Gasteiger partial charge in [-0.05, 0) is 19.3 Å². The lowest BCUT2D eigenvalue weighted by atomic mass is 10.1. The van der Waals surface area contributed by atoms with Crippen LogP contribution >= 0.6 is 0 Å². The van der Waals surface area contributed by atoms with Gasteiger partial charge in [0.1, 0.15) is 12.7 Å². The molecule has 0 aliphatic carbocycles. The van der Waals surface area contributed by atoms with Gasteiger partial charge < -0.3 is 4.74 Å². The lowest BCUT2D eigenvalue weighted by molar-refractivity contribution is 0.177. The fourth-order valence-corrected chi connectivity index (χ4v) is 1.77. The highest BCUT2D eigenvalue weighted by molar-refractivity contribution is 5.28. The van der Waals surface area contributed by atoms with Crippen molar-refractivity contribution in [2.75, 3.05) is 5.43 Å². The van der Waals surface area contributed by atoms with Crippen LogP contribution in [-0.4, -0.2) is 35.8 Å². The van der Waals surface area contributed by atoms with Crippen LogP contribution < -0.4 is 16.0 Å². The first-order valence-corrected chi connectivity index (χ1v) is 6.33. The van der Waals surface area contributed by atoms with Crippen LogP contribution in [-0.2, 0) is 0 Å². The third-order valence-electron chi connectivity index (χ3n) is 2.47. The molecule has 0 amide bonds. The number of nitrogens with zero attached hydrogens (tertiary/aromatic N) is 6. The van der Waals surface area contributed by atoms with Crippen LogP contribution in [0.4, 0.5) is 5.95 Å². The van der Waals surface area contributed by atoms with Gasteiger partial charge >= 0.3 is 6.01 Å². The Morgan fingerprint density at radius 1 is 1.30 bits per heavy atom. The van der Waals surface area contributed by atoms with Crippen molar-refractivity contribution in [1.82, 2.24) is 29.7 Å². The van der Waals surface area contributed by atoms with E-state index in [-0.39, 0.29) is 24.0 Å². The van der Waals surface area contributed by atoms with Gasteiger partial charge in [0, 0.05) is 0 Å². The number of nitrogen functional groups attached to an aromatic ring is 1. The second-order valence-electron chi connectivity index (χ2n) is 4.78. The predicted molar refractivity (Wildman–Crippen MR) is 72.1 cm³/mol. The molecule has 0 spiro atoms. The van der Waals surface area contributed by atoms with E-state index in [1.54, 1.807) is 0 Å². The smallest absolute Gasteiger partial charge is 0.323 e. The molecule has 2 heterocycles. The largest absolute Gasteiger partial charge is 0.460 e. The van der Waals surface area contributed by atoms with E-state index < -0.39 is 0 Å². The van der Waals surface area contributed by atoms with Gasteiger partial charge in [-0.2, -0.15) is 24.7 Å². The number of ether oxygens (including phenoxy) is 1. The summed E-state index contributed by atoms with van der Waals surface area (Å²) in [5.74, 6) is 6.37. The number of aromatic nitrogens is 6. The van der Waals surface area contributed by atoms with Gasteiger partial charge in [0.15, 0.2) is 0 Å². The average molecular weight is 278 g/mol. The Morgan fingerprint density at radius 3 is 2.70 bits per heavy atom. The lowest BCUT2D eigenvalue weighted by Gasteiger charge is -2.15. The molecule has 0 saturated heterocycles. The Labute approximate surface area is 116 Å². The highest BCUT2D eigenvalue weighted by Crippen LogP contribution is 2.14. The maximum absolute atomic E-state index is 5.69. The third kappa shape index (κ3) is 3.60. The van der Waals surface area contributed by atoms with E-state index in [1.807, 2.05) is 6.92 Å². The standard InChI is InChI=1S/C11H18N8O/c1-7(2)4-8(3)20-11-16-9(18-12)15-10(17-11)19-6-13-5-14-19/h5-8H,4,12H2,1-3H3,(H,15,16,17,18). The molecule has 0 radical (unpaired) electrons. The Balaban J connectivity index is 2.22. The van der Waals surface area contributed by atoms with Gasteiger partial charge in [-0.15, -0.1) is 0 Å². The van der Waals surface area contributed by atoms with Crippen LogP contribution in [0, 0.1) is 5.92 Å². The van der Waals surface area contributed by atoms with Gasteiger partial charge in [0.2, 0.25) is 5.95 Å². The molecule has 0 fully saturated rings. The average Bonchev–Trinajstić information content (AvgIpc) is 2.91. The van der Waals surface area contributed by atoms with E-state index in [9.17, 15) is 0 Å². The molecular formula is C11H18N8O. The van der Waals surface area contributed by atoms with E-state index in [0.717, 1.165) is 6.42 Å². The van der Waals surface area contributed by atoms with Crippen LogP contribution in [0.3, 0.4) is 0 Å². The summed E-state index contributed by atoms with van der Waals surface area (Å²) in [6, 6.07) is 0.201. The zero-order chi connectivity index (χ0) is 14.5. The van der Waals surface area contributed by atoms with Crippen molar-refractivity contribution in [3.05, 3.63) is 12.7 Å². The summed E-state index contributed by atoms with van der Waals surface area (Å²) in [6.45, 7) is 6.22. The molecule has 9 heteroatoms.